The van der Waals surface area contributed by atoms with E-state index in [9.17, 15) is 4.79 Å². The number of carbonyl (C=O) groups is 1. The molecule has 1 heterocycles. The number of aldehydes is 1. The fourth-order valence-corrected chi connectivity index (χ4v) is 4.18. The molecule has 5 nitrogen and oxygen atoms in total. The molecule has 178 valence electrons. The second-order valence-electron chi connectivity index (χ2n) is 8.25. The van der Waals surface area contributed by atoms with Gasteiger partial charge in [-0.3, -0.25) is 4.79 Å². The third-order valence-corrected chi connectivity index (χ3v) is 5.98. The van der Waals surface area contributed by atoms with Gasteiger partial charge in [-0.25, -0.2) is 0 Å². The number of aromatic nitrogens is 1. The van der Waals surface area contributed by atoms with E-state index in [2.05, 4.69) is 27.8 Å². The van der Waals surface area contributed by atoms with E-state index in [1.165, 1.54) is 43.0 Å². The molecule has 0 amide bonds. The Morgan fingerprint density at radius 1 is 1.18 bits per heavy atom. The smallest absolute Gasteiger partial charge is 0.458 e. The van der Waals surface area contributed by atoms with Crippen LogP contribution in [0.1, 0.15) is 39.9 Å². The normalized spacial score (nSPS) is 12.6. The molecule has 0 unspecified atom stereocenters. The first-order chi connectivity index (χ1) is 15.5. The number of hydrogen-bond acceptors (Lipinski definition) is 4. The van der Waals surface area contributed by atoms with Gasteiger partial charge in [-0.2, -0.15) is 5.57 Å². The summed E-state index contributed by atoms with van der Waals surface area (Å²) in [4.78, 5) is 13.3. The van der Waals surface area contributed by atoms with Crippen molar-refractivity contribution in [3.8, 4) is 0 Å². The molecular weight excluding hydrogens is 670 g/mol. The first-order valence-electron chi connectivity index (χ1n) is 10.8. The first kappa shape index (κ1) is 30.2. The molecule has 0 radical (unpaired) electrons. The number of nitrogens with two attached hydrogens (primary N) is 1. The van der Waals surface area contributed by atoms with Crippen molar-refractivity contribution >= 4 is 40.6 Å². The average molecular weight is 703 g/mol. The Kier molecular flexibility index (Phi) is 12.9. The van der Waals surface area contributed by atoms with Crippen LogP contribution < -0.4 is 5.73 Å². The van der Waals surface area contributed by atoms with E-state index in [-0.39, 0.29) is 38.5 Å². The van der Waals surface area contributed by atoms with Gasteiger partial charge in [-0.1, -0.05) is 36.0 Å². The summed E-state index contributed by atoms with van der Waals surface area (Å²) in [7, 11) is 4.02. The number of likely N-dealkylation sites (N-methyl/N-ethyl adjacent to an activating group) is 1. The second-order valence-corrected chi connectivity index (χ2v) is 8.69. The minimum atomic E-state index is 0. The topological polar surface area (TPSA) is 75.1 Å². The Hall–Kier alpha value is -1.84. The zero-order valence-electron chi connectivity index (χ0n) is 20.2. The van der Waals surface area contributed by atoms with Gasteiger partial charge in [0.1, 0.15) is 0 Å². The molecule has 1 aliphatic rings. The van der Waals surface area contributed by atoms with Gasteiger partial charge < -0.3 is 28.0 Å². The largest absolute Gasteiger partial charge is 2.00 e. The number of allylic oxidation sites excluding steroid dienone is 1. The molecule has 0 bridgehead atoms. The number of halogens is 1. The van der Waals surface area contributed by atoms with Gasteiger partial charge in [-0.05, 0) is 63.0 Å². The molecule has 3 aromatic rings. The maximum Gasteiger partial charge on any atom is 2.00 e. The molecule has 0 spiro atoms. The predicted octanol–water partition coefficient (Wildman–Crippen LogP) is 5.44. The van der Waals surface area contributed by atoms with Crippen molar-refractivity contribution in [2.75, 3.05) is 20.6 Å². The van der Waals surface area contributed by atoms with Gasteiger partial charge in [0.2, 0.25) is 0 Å². The van der Waals surface area contributed by atoms with Crippen molar-refractivity contribution in [3.05, 3.63) is 83.5 Å². The monoisotopic (exact) mass is 702 g/mol. The van der Waals surface area contributed by atoms with E-state index in [1.807, 2.05) is 44.6 Å². The Morgan fingerprint density at radius 2 is 1.88 bits per heavy atom. The van der Waals surface area contributed by atoms with Crippen LogP contribution in [0.25, 0.3) is 16.5 Å². The van der Waals surface area contributed by atoms with Crippen LogP contribution >= 0.6 is 11.6 Å². The van der Waals surface area contributed by atoms with Crippen LogP contribution in [0.4, 0.5) is 0 Å². The molecule has 0 aliphatic heterocycles. The fraction of sp³-hybridized carbons (Fsp3) is 0.296. The van der Waals surface area contributed by atoms with Crippen LogP contribution in [0.15, 0.2) is 42.6 Å². The first-order valence-corrected chi connectivity index (χ1v) is 11.2. The predicted molar refractivity (Wildman–Crippen MR) is 140 cm³/mol. The molecule has 0 fully saturated rings. The Bertz CT molecular complexity index is 1140. The van der Waals surface area contributed by atoms with Crippen molar-refractivity contribution in [2.24, 2.45) is 5.73 Å². The van der Waals surface area contributed by atoms with Gasteiger partial charge in [-0.15, -0.1) is 17.8 Å². The van der Waals surface area contributed by atoms with Crippen molar-refractivity contribution < 1.29 is 35.9 Å². The van der Waals surface area contributed by atoms with Gasteiger partial charge >= 0.3 is 31.1 Å². The molecule has 1 aliphatic carbocycles. The molecule has 3 N–H and O–H groups in total. The summed E-state index contributed by atoms with van der Waals surface area (Å²) in [6.07, 6.45) is 11.6. The Balaban J connectivity index is 0.000000376. The number of fused-ring (bicyclic) bond motifs is 2. The number of carbonyl (C=O) groups excluding carboxylic acids is 1. The van der Waals surface area contributed by atoms with Crippen molar-refractivity contribution in [3.63, 3.8) is 0 Å². The van der Waals surface area contributed by atoms with E-state index in [4.69, 9.17) is 22.7 Å². The molecule has 0 saturated heterocycles. The number of nitrogens with one attached hydrogen (secondary N) is 1. The van der Waals surface area contributed by atoms with Crippen LogP contribution in [0.2, 0.25) is 5.02 Å². The summed E-state index contributed by atoms with van der Waals surface area (Å²) in [6, 6.07) is 11.9. The van der Waals surface area contributed by atoms with Crippen LogP contribution in [0, 0.1) is 50.1 Å². The van der Waals surface area contributed by atoms with Crippen molar-refractivity contribution in [1.82, 2.24) is 9.47 Å². The van der Waals surface area contributed by atoms with E-state index in [0.717, 1.165) is 40.9 Å². The molecule has 4 rings (SSSR count). The molecular formula is C27H33ClN4OU. The summed E-state index contributed by atoms with van der Waals surface area (Å²) in [5.74, 6) is 0. The van der Waals surface area contributed by atoms with E-state index >= 15 is 0 Å². The molecule has 7 heteroatoms. The van der Waals surface area contributed by atoms with Crippen LogP contribution in [-0.4, -0.2) is 42.6 Å². The third-order valence-electron chi connectivity index (χ3n) is 5.75. The summed E-state index contributed by atoms with van der Waals surface area (Å²) in [6.45, 7) is 1.67. The zero-order valence-corrected chi connectivity index (χ0v) is 25.1. The standard InChI is InChI=1S/C16H19N4O.C10H11Cl.CH3.U/c1-19(2)5-6-20-10-14(11-21)15-4-3-12(7-16(15)20)13(8-17)9-18;11-10-6-5-8-3-1-2-4-9(8)7-10;;/h3-4,7-8,10-11,17H,5-6,18H2,1-2H3;5-7H,1-4H2;1H3;/q-1;;-1;+2. The number of hydrogen-bond donors (Lipinski definition) is 2. The Morgan fingerprint density at radius 3 is 2.50 bits per heavy atom. The second kappa shape index (κ2) is 14.5. The summed E-state index contributed by atoms with van der Waals surface area (Å²) in [5.41, 5.74) is 11.4. The number of aryl methyl sites for hydroxylation is 2. The maximum atomic E-state index is 11.2. The summed E-state index contributed by atoms with van der Waals surface area (Å²) in [5, 5.41) is 9.15. The van der Waals surface area contributed by atoms with Crippen LogP contribution in [0.3, 0.4) is 0 Å². The molecule has 0 saturated carbocycles. The van der Waals surface area contributed by atoms with Gasteiger partial charge in [0.15, 0.2) is 6.29 Å². The minimum Gasteiger partial charge on any atom is -0.458 e. The van der Waals surface area contributed by atoms with E-state index in [1.54, 1.807) is 0 Å². The van der Waals surface area contributed by atoms with Gasteiger partial charge in [0.25, 0.3) is 0 Å². The maximum absolute atomic E-state index is 11.2. The zero-order chi connectivity index (χ0) is 23.1. The average Bonchev–Trinajstić information content (AvgIpc) is 3.16. The number of rotatable bonds is 6. The van der Waals surface area contributed by atoms with Crippen molar-refractivity contribution in [2.45, 2.75) is 32.2 Å². The summed E-state index contributed by atoms with van der Waals surface area (Å²) >= 11 is 5.88. The van der Waals surface area contributed by atoms with E-state index < -0.39 is 0 Å². The molecule has 1 aromatic heterocycles. The van der Waals surface area contributed by atoms with Crippen LogP contribution in [0.5, 0.6) is 0 Å². The minimum absolute atomic E-state index is 0. The molecule has 2 aromatic carbocycles. The van der Waals surface area contributed by atoms with Crippen molar-refractivity contribution in [1.29, 1.82) is 5.41 Å². The third kappa shape index (κ3) is 7.58. The SMILES string of the molecule is CN(C)CCn1cc(C=O)c2ccc(C(=[C-]N)C=N)cc21.Clc1ccc2c(c1)CCCC2.[CH3-].[U+2]. The van der Waals surface area contributed by atoms with E-state index in [0.29, 0.717) is 11.1 Å². The number of benzene rings is 2. The Labute approximate surface area is 232 Å². The van der Waals surface area contributed by atoms with Crippen LogP contribution in [-0.2, 0) is 19.4 Å². The molecule has 34 heavy (non-hydrogen) atoms. The fourth-order valence-electron chi connectivity index (χ4n) is 3.98. The number of nitrogens with zero attached hydrogens (tertiary/aromatic N) is 2. The molecule has 0 atom stereocenters. The van der Waals surface area contributed by atoms with Gasteiger partial charge in [0, 0.05) is 40.8 Å². The quantitative estimate of drug-likeness (QED) is 0.156. The summed E-state index contributed by atoms with van der Waals surface area (Å²) < 4.78 is 2.06. The van der Waals surface area contributed by atoms with Gasteiger partial charge in [0.05, 0.1) is 0 Å².